The first-order chi connectivity index (χ1) is 9.72. The molecule has 1 fully saturated rings. The lowest BCUT2D eigenvalue weighted by atomic mass is 10.2. The highest BCUT2D eigenvalue weighted by Gasteiger charge is 2.12. The Balaban J connectivity index is 1.73. The quantitative estimate of drug-likeness (QED) is 0.903. The number of halogens is 2. The molecule has 0 radical (unpaired) electrons. The number of nitrogens with zero attached hydrogens (tertiary/aromatic N) is 2. The van der Waals surface area contributed by atoms with Crippen molar-refractivity contribution in [3.8, 4) is 11.3 Å². The highest BCUT2D eigenvalue weighted by atomic mass is 79.9. The molecule has 1 aromatic heterocycles. The summed E-state index contributed by atoms with van der Waals surface area (Å²) in [4.78, 5) is 10.1. The van der Waals surface area contributed by atoms with Gasteiger partial charge in [-0.25, -0.2) is 9.37 Å². The third kappa shape index (κ3) is 3.08. The van der Waals surface area contributed by atoms with Gasteiger partial charge < -0.3 is 10.3 Å². The van der Waals surface area contributed by atoms with Gasteiger partial charge in [-0.2, -0.15) is 0 Å². The Bertz CT molecular complexity index is 593. The first-order valence-electron chi connectivity index (χ1n) is 6.65. The third-order valence-electron chi connectivity index (χ3n) is 3.44. The standard InChI is InChI=1S/C14H16BrFN4/c15-11-7-10(1-2-12(11)16)13-8-18-14(19-13)9-20-5-3-17-4-6-20/h1-2,7-8,17H,3-6,9H2,(H,18,19). The van der Waals surface area contributed by atoms with Gasteiger partial charge in [0.05, 0.1) is 22.9 Å². The van der Waals surface area contributed by atoms with E-state index in [2.05, 4.69) is 36.1 Å². The van der Waals surface area contributed by atoms with Gasteiger partial charge in [-0.1, -0.05) is 0 Å². The van der Waals surface area contributed by atoms with Crippen LogP contribution in [0.3, 0.4) is 0 Å². The third-order valence-corrected chi connectivity index (χ3v) is 4.05. The number of piperazine rings is 1. The van der Waals surface area contributed by atoms with E-state index in [1.54, 1.807) is 18.3 Å². The van der Waals surface area contributed by atoms with Gasteiger partial charge >= 0.3 is 0 Å². The highest BCUT2D eigenvalue weighted by molar-refractivity contribution is 9.10. The molecule has 1 saturated heterocycles. The van der Waals surface area contributed by atoms with E-state index in [9.17, 15) is 4.39 Å². The summed E-state index contributed by atoms with van der Waals surface area (Å²) >= 11 is 3.21. The van der Waals surface area contributed by atoms with Crippen molar-refractivity contribution in [2.24, 2.45) is 0 Å². The second-order valence-electron chi connectivity index (χ2n) is 4.90. The van der Waals surface area contributed by atoms with E-state index in [1.165, 1.54) is 6.07 Å². The highest BCUT2D eigenvalue weighted by Crippen LogP contribution is 2.24. The predicted molar refractivity (Wildman–Crippen MR) is 79.8 cm³/mol. The van der Waals surface area contributed by atoms with Crippen LogP contribution in [0.15, 0.2) is 28.9 Å². The van der Waals surface area contributed by atoms with Crippen molar-refractivity contribution >= 4 is 15.9 Å². The molecule has 2 heterocycles. The zero-order valence-corrected chi connectivity index (χ0v) is 12.6. The van der Waals surface area contributed by atoms with Crippen molar-refractivity contribution in [2.45, 2.75) is 6.54 Å². The maximum absolute atomic E-state index is 13.2. The van der Waals surface area contributed by atoms with Crippen LogP contribution in [0.2, 0.25) is 0 Å². The van der Waals surface area contributed by atoms with Gasteiger partial charge in [0, 0.05) is 31.7 Å². The van der Waals surface area contributed by atoms with Crippen molar-refractivity contribution in [3.05, 3.63) is 40.5 Å². The van der Waals surface area contributed by atoms with E-state index < -0.39 is 0 Å². The summed E-state index contributed by atoms with van der Waals surface area (Å²) in [6.07, 6.45) is 1.80. The van der Waals surface area contributed by atoms with Crippen molar-refractivity contribution in [1.29, 1.82) is 0 Å². The van der Waals surface area contributed by atoms with Crippen LogP contribution in [0, 0.1) is 5.82 Å². The maximum atomic E-state index is 13.2. The average molecular weight is 339 g/mol. The lowest BCUT2D eigenvalue weighted by Crippen LogP contribution is -2.43. The van der Waals surface area contributed by atoms with Gasteiger partial charge in [0.2, 0.25) is 0 Å². The largest absolute Gasteiger partial charge is 0.341 e. The van der Waals surface area contributed by atoms with E-state index in [-0.39, 0.29) is 5.82 Å². The number of nitrogens with one attached hydrogen (secondary N) is 2. The molecule has 0 spiro atoms. The molecule has 0 bridgehead atoms. The molecule has 0 aliphatic carbocycles. The molecule has 0 saturated carbocycles. The zero-order chi connectivity index (χ0) is 13.9. The summed E-state index contributed by atoms with van der Waals surface area (Å²) in [5.41, 5.74) is 1.84. The van der Waals surface area contributed by atoms with Crippen LogP contribution < -0.4 is 5.32 Å². The van der Waals surface area contributed by atoms with Gasteiger partial charge in [-0.3, -0.25) is 4.90 Å². The maximum Gasteiger partial charge on any atom is 0.137 e. The van der Waals surface area contributed by atoms with Gasteiger partial charge in [0.25, 0.3) is 0 Å². The van der Waals surface area contributed by atoms with Gasteiger partial charge in [-0.15, -0.1) is 0 Å². The predicted octanol–water partition coefficient (Wildman–Crippen LogP) is 2.38. The molecule has 0 unspecified atom stereocenters. The summed E-state index contributed by atoms with van der Waals surface area (Å²) in [7, 11) is 0. The Morgan fingerprint density at radius 1 is 1.30 bits per heavy atom. The summed E-state index contributed by atoms with van der Waals surface area (Å²) in [6, 6.07) is 4.97. The van der Waals surface area contributed by atoms with Crippen LogP contribution in [-0.4, -0.2) is 41.0 Å². The topological polar surface area (TPSA) is 44.0 Å². The SMILES string of the molecule is Fc1ccc(-c2cnc(CN3CCNCC3)[nH]2)cc1Br. The average Bonchev–Trinajstić information content (AvgIpc) is 2.91. The van der Waals surface area contributed by atoms with Crippen LogP contribution in [0.4, 0.5) is 4.39 Å². The normalized spacial score (nSPS) is 16.5. The minimum Gasteiger partial charge on any atom is -0.341 e. The van der Waals surface area contributed by atoms with Crippen molar-refractivity contribution < 1.29 is 4.39 Å². The number of benzene rings is 1. The molecule has 1 aliphatic rings. The van der Waals surface area contributed by atoms with Crippen LogP contribution in [0.5, 0.6) is 0 Å². The van der Waals surface area contributed by atoms with E-state index in [0.29, 0.717) is 4.47 Å². The summed E-state index contributed by atoms with van der Waals surface area (Å²) in [5.74, 6) is 0.691. The van der Waals surface area contributed by atoms with Crippen LogP contribution in [-0.2, 0) is 6.54 Å². The molecule has 2 N–H and O–H groups in total. The van der Waals surface area contributed by atoms with Gasteiger partial charge in [-0.05, 0) is 34.1 Å². The van der Waals surface area contributed by atoms with E-state index in [4.69, 9.17) is 0 Å². The van der Waals surface area contributed by atoms with Crippen molar-refractivity contribution in [3.63, 3.8) is 0 Å². The zero-order valence-electron chi connectivity index (χ0n) is 11.0. The van der Waals surface area contributed by atoms with E-state index in [1.807, 2.05) is 0 Å². The van der Waals surface area contributed by atoms with Crippen molar-refractivity contribution in [2.75, 3.05) is 26.2 Å². The van der Waals surface area contributed by atoms with Gasteiger partial charge in [0.1, 0.15) is 11.6 Å². The minimum absolute atomic E-state index is 0.255. The number of hydrogen-bond acceptors (Lipinski definition) is 3. The Labute approximate surface area is 125 Å². The van der Waals surface area contributed by atoms with Gasteiger partial charge in [0.15, 0.2) is 0 Å². The van der Waals surface area contributed by atoms with E-state index >= 15 is 0 Å². The smallest absolute Gasteiger partial charge is 0.137 e. The first-order valence-corrected chi connectivity index (χ1v) is 7.44. The molecule has 106 valence electrons. The number of rotatable bonds is 3. The summed E-state index contributed by atoms with van der Waals surface area (Å²) < 4.78 is 13.7. The Kier molecular flexibility index (Phi) is 4.14. The lowest BCUT2D eigenvalue weighted by Gasteiger charge is -2.26. The Morgan fingerprint density at radius 3 is 2.85 bits per heavy atom. The fourth-order valence-corrected chi connectivity index (χ4v) is 2.71. The molecular weight excluding hydrogens is 323 g/mol. The van der Waals surface area contributed by atoms with Crippen LogP contribution in [0.25, 0.3) is 11.3 Å². The van der Waals surface area contributed by atoms with Crippen LogP contribution >= 0.6 is 15.9 Å². The molecule has 20 heavy (non-hydrogen) atoms. The fourth-order valence-electron chi connectivity index (χ4n) is 2.33. The number of hydrogen-bond donors (Lipinski definition) is 2. The molecule has 2 aromatic rings. The molecule has 1 aliphatic heterocycles. The molecule has 0 atom stereocenters. The first kappa shape index (κ1) is 13.7. The van der Waals surface area contributed by atoms with Crippen LogP contribution in [0.1, 0.15) is 5.82 Å². The second-order valence-corrected chi connectivity index (χ2v) is 5.75. The van der Waals surface area contributed by atoms with Crippen molar-refractivity contribution in [1.82, 2.24) is 20.2 Å². The number of aromatic nitrogens is 2. The number of H-pyrrole nitrogens is 1. The molecule has 6 heteroatoms. The minimum atomic E-state index is -0.255. The van der Waals surface area contributed by atoms with E-state index in [0.717, 1.165) is 49.8 Å². The Hall–Kier alpha value is -1.24. The Morgan fingerprint density at radius 2 is 2.10 bits per heavy atom. The summed E-state index contributed by atoms with van der Waals surface area (Å²) in [5, 5.41) is 3.33. The molecule has 0 amide bonds. The second kappa shape index (κ2) is 6.03. The fraction of sp³-hybridized carbons (Fsp3) is 0.357. The lowest BCUT2D eigenvalue weighted by molar-refractivity contribution is 0.228. The molecule has 3 rings (SSSR count). The monoisotopic (exact) mass is 338 g/mol. The number of aromatic amines is 1. The molecular formula is C14H16BrFN4. The summed E-state index contributed by atoms with van der Waals surface area (Å²) in [6.45, 7) is 4.96. The molecule has 1 aromatic carbocycles. The molecule has 4 nitrogen and oxygen atoms in total. The number of imidazole rings is 1.